The van der Waals surface area contributed by atoms with Gasteiger partial charge in [-0.15, -0.1) is 0 Å². The summed E-state index contributed by atoms with van der Waals surface area (Å²) in [5.41, 5.74) is 0.976. The van der Waals surface area contributed by atoms with E-state index in [4.69, 9.17) is 4.42 Å². The molecule has 0 saturated carbocycles. The molecule has 3 aromatic rings. The highest BCUT2D eigenvalue weighted by molar-refractivity contribution is 6.01. The molecule has 0 aliphatic heterocycles. The first kappa shape index (κ1) is 36.3. The Morgan fingerprint density at radius 2 is 1.59 bits per heavy atom. The van der Waals surface area contributed by atoms with Gasteiger partial charge in [0.2, 0.25) is 11.8 Å². The van der Waals surface area contributed by atoms with Crippen molar-refractivity contribution in [1.29, 1.82) is 0 Å². The van der Waals surface area contributed by atoms with Gasteiger partial charge in [0.05, 0.1) is 24.4 Å². The number of amides is 3. The molecule has 1 aromatic heterocycles. The molecule has 0 fully saturated rings. The van der Waals surface area contributed by atoms with Crippen LogP contribution in [0.5, 0.6) is 0 Å². The van der Waals surface area contributed by atoms with Crippen LogP contribution >= 0.6 is 0 Å². The number of nitrogens with one attached hydrogen (secondary N) is 3. The molecule has 2 aromatic carbocycles. The fraction of sp³-hybridized carbons (Fsp3) is 0.471. The van der Waals surface area contributed by atoms with Crippen molar-refractivity contribution in [3.05, 3.63) is 77.2 Å². The summed E-state index contributed by atoms with van der Waals surface area (Å²) in [6.45, 7) is 11.0. The Bertz CT molecular complexity index is 1420. The highest BCUT2D eigenvalue weighted by Gasteiger charge is 2.26. The first-order valence-electron chi connectivity index (χ1n) is 15.7. The average Bonchev–Trinajstić information content (AvgIpc) is 3.56. The molecular formula is C34H45F2N5O5. The van der Waals surface area contributed by atoms with E-state index >= 15 is 0 Å². The molecular weight excluding hydrogens is 596 g/mol. The highest BCUT2D eigenvalue weighted by atomic mass is 19.1. The summed E-state index contributed by atoms with van der Waals surface area (Å²) in [6.07, 6.45) is 2.95. The fourth-order valence-corrected chi connectivity index (χ4v) is 4.92. The monoisotopic (exact) mass is 641 g/mol. The third-order valence-electron chi connectivity index (χ3n) is 7.27. The van der Waals surface area contributed by atoms with E-state index in [9.17, 15) is 28.3 Å². The molecule has 0 spiro atoms. The van der Waals surface area contributed by atoms with Crippen LogP contribution in [-0.4, -0.2) is 77.1 Å². The molecule has 12 heteroatoms. The van der Waals surface area contributed by atoms with Gasteiger partial charge in [-0.3, -0.25) is 14.4 Å². The van der Waals surface area contributed by atoms with Crippen LogP contribution in [0.1, 0.15) is 73.7 Å². The van der Waals surface area contributed by atoms with Crippen molar-refractivity contribution in [1.82, 2.24) is 25.8 Å². The van der Waals surface area contributed by atoms with Crippen molar-refractivity contribution in [2.45, 2.75) is 72.1 Å². The predicted octanol–water partition coefficient (Wildman–Crippen LogP) is 4.33. The van der Waals surface area contributed by atoms with Crippen molar-refractivity contribution in [2.24, 2.45) is 5.92 Å². The number of halogens is 2. The maximum Gasteiger partial charge on any atom is 0.253 e. The van der Waals surface area contributed by atoms with Gasteiger partial charge in [0.25, 0.3) is 11.8 Å². The first-order valence-corrected chi connectivity index (χ1v) is 15.7. The summed E-state index contributed by atoms with van der Waals surface area (Å²) in [6, 6.07) is 5.89. The Morgan fingerprint density at radius 1 is 0.935 bits per heavy atom. The van der Waals surface area contributed by atoms with Crippen LogP contribution in [0.2, 0.25) is 0 Å². The van der Waals surface area contributed by atoms with Crippen LogP contribution < -0.4 is 16.0 Å². The molecule has 1 heterocycles. The number of aromatic nitrogens is 1. The number of oxazole rings is 1. The molecule has 10 nitrogen and oxygen atoms in total. The third-order valence-corrected chi connectivity index (χ3v) is 7.27. The zero-order valence-electron chi connectivity index (χ0n) is 27.1. The molecule has 0 aliphatic carbocycles. The minimum atomic E-state index is -1.27. The van der Waals surface area contributed by atoms with E-state index in [2.05, 4.69) is 20.9 Å². The molecule has 3 amide bonds. The Hall–Kier alpha value is -4.16. The van der Waals surface area contributed by atoms with E-state index in [0.717, 1.165) is 31.0 Å². The van der Waals surface area contributed by atoms with Crippen LogP contribution in [0.4, 0.5) is 8.78 Å². The fourth-order valence-electron chi connectivity index (χ4n) is 4.92. The van der Waals surface area contributed by atoms with Crippen LogP contribution in [0.15, 0.2) is 53.3 Å². The van der Waals surface area contributed by atoms with Crippen LogP contribution in [0.3, 0.4) is 0 Å². The Labute approximate surface area is 269 Å². The number of hydrogen-bond donors (Lipinski definition) is 4. The maximum atomic E-state index is 14.1. The Kier molecular flexibility index (Phi) is 13.8. The average molecular weight is 642 g/mol. The maximum absolute atomic E-state index is 14.1. The minimum Gasteiger partial charge on any atom is -0.445 e. The summed E-state index contributed by atoms with van der Waals surface area (Å²) in [4.78, 5) is 45.6. The van der Waals surface area contributed by atoms with Gasteiger partial charge in [-0.25, -0.2) is 13.8 Å². The van der Waals surface area contributed by atoms with E-state index in [0.29, 0.717) is 25.2 Å². The predicted molar refractivity (Wildman–Crippen MR) is 171 cm³/mol. The number of aliphatic hydroxyl groups is 1. The molecule has 3 atom stereocenters. The Balaban J connectivity index is 1.91. The minimum absolute atomic E-state index is 0.101. The van der Waals surface area contributed by atoms with Gasteiger partial charge in [0, 0.05) is 48.9 Å². The number of carbonyl (C=O) groups is 3. The van der Waals surface area contributed by atoms with Crippen LogP contribution in [0.25, 0.3) is 11.5 Å². The second kappa shape index (κ2) is 17.5. The number of carbonyl (C=O) groups excluding carboxylic acids is 3. The number of rotatable bonds is 17. The summed E-state index contributed by atoms with van der Waals surface area (Å²) in [5.74, 6) is -2.28. The SMILES string of the molecule is CCCN(CCC)C(=O)c1cc(C(=O)NC(Cc2cc(F)cc(F)c2)C(O)CNC(C)C(=O)NCC(C)C)cc(-c2ncco2)c1. The topological polar surface area (TPSA) is 137 Å². The second-order valence-corrected chi connectivity index (χ2v) is 11.8. The highest BCUT2D eigenvalue weighted by Crippen LogP contribution is 2.23. The lowest BCUT2D eigenvalue weighted by Crippen LogP contribution is -2.52. The molecule has 3 unspecified atom stereocenters. The molecule has 0 aliphatic rings. The van der Waals surface area contributed by atoms with Crippen molar-refractivity contribution in [3.63, 3.8) is 0 Å². The summed E-state index contributed by atoms with van der Waals surface area (Å²) in [5, 5.41) is 19.8. The van der Waals surface area contributed by atoms with E-state index in [1.54, 1.807) is 17.9 Å². The normalized spacial score (nSPS) is 13.2. The third kappa shape index (κ3) is 10.7. The van der Waals surface area contributed by atoms with Crippen molar-refractivity contribution in [3.8, 4) is 11.5 Å². The number of nitrogens with zero attached hydrogens (tertiary/aromatic N) is 2. The first-order chi connectivity index (χ1) is 21.9. The van der Waals surface area contributed by atoms with Gasteiger partial charge in [0.1, 0.15) is 17.9 Å². The number of benzene rings is 2. The van der Waals surface area contributed by atoms with E-state index in [1.807, 2.05) is 27.7 Å². The largest absolute Gasteiger partial charge is 0.445 e. The molecule has 0 bridgehead atoms. The lowest BCUT2D eigenvalue weighted by Gasteiger charge is -2.26. The molecule has 0 saturated heterocycles. The molecule has 46 heavy (non-hydrogen) atoms. The van der Waals surface area contributed by atoms with Crippen LogP contribution in [-0.2, 0) is 11.2 Å². The lowest BCUT2D eigenvalue weighted by molar-refractivity contribution is -0.123. The van der Waals surface area contributed by atoms with E-state index < -0.39 is 35.7 Å². The quantitative estimate of drug-likeness (QED) is 0.172. The van der Waals surface area contributed by atoms with Gasteiger partial charge in [-0.2, -0.15) is 0 Å². The van der Waals surface area contributed by atoms with Crippen molar-refractivity contribution >= 4 is 17.7 Å². The molecule has 4 N–H and O–H groups in total. The van der Waals surface area contributed by atoms with Crippen molar-refractivity contribution in [2.75, 3.05) is 26.2 Å². The summed E-state index contributed by atoms with van der Waals surface area (Å²) in [7, 11) is 0. The van der Waals surface area contributed by atoms with E-state index in [1.165, 1.54) is 24.6 Å². The van der Waals surface area contributed by atoms with Crippen LogP contribution in [0, 0.1) is 17.6 Å². The molecule has 0 radical (unpaired) electrons. The zero-order valence-corrected chi connectivity index (χ0v) is 27.1. The van der Waals surface area contributed by atoms with Gasteiger partial charge >= 0.3 is 0 Å². The molecule has 3 rings (SSSR count). The number of aliphatic hydroxyl groups excluding tert-OH is 1. The van der Waals surface area contributed by atoms with Gasteiger partial charge in [-0.1, -0.05) is 27.7 Å². The lowest BCUT2D eigenvalue weighted by atomic mass is 9.99. The smallest absolute Gasteiger partial charge is 0.253 e. The number of hydrogen-bond acceptors (Lipinski definition) is 7. The molecule has 250 valence electrons. The van der Waals surface area contributed by atoms with Gasteiger partial charge in [-0.05, 0) is 68.0 Å². The summed E-state index contributed by atoms with van der Waals surface area (Å²) >= 11 is 0. The van der Waals surface area contributed by atoms with Gasteiger partial charge in [0.15, 0.2) is 0 Å². The van der Waals surface area contributed by atoms with Crippen molar-refractivity contribution < 1.29 is 32.7 Å². The second-order valence-electron chi connectivity index (χ2n) is 11.8. The Morgan fingerprint density at radius 3 is 2.17 bits per heavy atom. The van der Waals surface area contributed by atoms with Gasteiger partial charge < -0.3 is 30.4 Å². The van der Waals surface area contributed by atoms with E-state index in [-0.39, 0.29) is 53.3 Å². The summed E-state index contributed by atoms with van der Waals surface area (Å²) < 4.78 is 33.6. The standard InChI is InChI=1S/C34H45F2N5O5/c1-6-9-41(10-7-2)34(45)26-16-24(15-25(17-26)33-37-8-11-46-33)32(44)40-29(14-23-12-27(35)18-28(36)13-23)30(42)20-38-22(5)31(43)39-19-21(3)4/h8,11-13,15-18,21-22,29-30,38,42H,6-7,9-10,14,19-20H2,1-5H3,(H,39,43)(H,40,44). The zero-order chi connectivity index (χ0) is 33.8.